The number of hydrogen-bond acceptors (Lipinski definition) is 7. The normalized spacial score (nSPS) is 25.1. The molecule has 0 radical (unpaired) electrons. The number of carbonyl (C=O) groups excluding carboxylic acids is 1. The van der Waals surface area contributed by atoms with Gasteiger partial charge in [0.1, 0.15) is 6.04 Å². The Morgan fingerprint density at radius 2 is 2.17 bits per heavy atom. The van der Waals surface area contributed by atoms with Crippen LogP contribution in [0.5, 0.6) is 0 Å². The number of ether oxygens (including phenoxy) is 1. The molecule has 1 heterocycles. The molecule has 0 saturated carbocycles. The second-order valence-electron chi connectivity index (χ2n) is 3.94. The van der Waals surface area contributed by atoms with Crippen LogP contribution < -0.4 is 0 Å². The number of carboxylic acid groups (broad SMARTS) is 1. The number of carboxylic acids is 1. The summed E-state index contributed by atoms with van der Waals surface area (Å²) in [4.78, 5) is 23.7. The van der Waals surface area contributed by atoms with Gasteiger partial charge in [0.2, 0.25) is 0 Å². The zero-order valence-electron chi connectivity index (χ0n) is 9.94. The lowest BCUT2D eigenvalue weighted by atomic mass is 10.2. The Bertz CT molecular complexity index is 356. The fourth-order valence-electron chi connectivity index (χ4n) is 1.85. The molecule has 1 aliphatic rings. The lowest BCUT2D eigenvalue weighted by Gasteiger charge is -2.20. The first-order valence-corrected chi connectivity index (χ1v) is 5.52. The summed E-state index contributed by atoms with van der Waals surface area (Å²) in [6, 6.07) is -0.897. The molecule has 0 aromatic carbocycles. The van der Waals surface area contributed by atoms with Gasteiger partial charge in [0, 0.05) is 13.0 Å². The van der Waals surface area contributed by atoms with Crippen molar-refractivity contribution in [1.82, 2.24) is 4.90 Å². The van der Waals surface area contributed by atoms with Crippen LogP contribution in [-0.4, -0.2) is 69.8 Å². The number of aliphatic carboxylic acids is 1. The maximum absolute atomic E-state index is 11.4. The van der Waals surface area contributed by atoms with Crippen molar-refractivity contribution in [2.45, 2.75) is 25.5 Å². The molecular formula is C10H16N2O6. The Balaban J connectivity index is 2.69. The number of oxime groups is 1. The number of likely N-dealkylation sites (tertiary alicyclic amines) is 1. The first-order chi connectivity index (χ1) is 8.49. The van der Waals surface area contributed by atoms with Crippen LogP contribution in [0, 0.1) is 0 Å². The third kappa shape index (κ3) is 3.41. The van der Waals surface area contributed by atoms with Crippen LogP contribution in [0.15, 0.2) is 5.16 Å². The van der Waals surface area contributed by atoms with E-state index in [1.54, 1.807) is 6.92 Å². The van der Waals surface area contributed by atoms with E-state index < -0.39 is 24.1 Å². The molecule has 3 N–H and O–H groups in total. The third-order valence-electron chi connectivity index (χ3n) is 2.65. The molecule has 0 aromatic rings. The highest BCUT2D eigenvalue weighted by Crippen LogP contribution is 2.17. The van der Waals surface area contributed by atoms with Gasteiger partial charge < -0.3 is 20.2 Å². The number of carbonyl (C=O) groups is 2. The Hall–Kier alpha value is -1.67. The predicted octanol–water partition coefficient (Wildman–Crippen LogP) is -1.10. The highest BCUT2D eigenvalue weighted by Gasteiger charge is 2.37. The molecule has 0 bridgehead atoms. The fraction of sp³-hybridized carbons (Fsp3) is 0.700. The van der Waals surface area contributed by atoms with E-state index in [1.165, 1.54) is 4.90 Å². The van der Waals surface area contributed by atoms with Gasteiger partial charge in [0.25, 0.3) is 0 Å². The molecule has 2 atom stereocenters. The highest BCUT2D eigenvalue weighted by atomic mass is 16.5. The van der Waals surface area contributed by atoms with Crippen LogP contribution in [-0.2, 0) is 14.3 Å². The molecule has 1 aliphatic heterocycles. The van der Waals surface area contributed by atoms with E-state index in [0.717, 1.165) is 0 Å². The van der Waals surface area contributed by atoms with E-state index >= 15 is 0 Å². The highest BCUT2D eigenvalue weighted by molar-refractivity contribution is 6.37. The molecule has 0 aliphatic carbocycles. The maximum Gasteiger partial charge on any atom is 0.357 e. The third-order valence-corrected chi connectivity index (χ3v) is 2.65. The minimum absolute atomic E-state index is 0.0802. The minimum Gasteiger partial charge on any atom is -0.480 e. The van der Waals surface area contributed by atoms with Gasteiger partial charge in [-0.05, 0) is 6.92 Å². The molecule has 1 saturated heterocycles. The molecule has 1 fully saturated rings. The Morgan fingerprint density at radius 1 is 1.50 bits per heavy atom. The smallest absolute Gasteiger partial charge is 0.357 e. The Kier molecular flexibility index (Phi) is 5.05. The monoisotopic (exact) mass is 260 g/mol. The number of aliphatic hydroxyl groups excluding tert-OH is 1. The van der Waals surface area contributed by atoms with Gasteiger partial charge in [-0.15, -0.1) is 0 Å². The van der Waals surface area contributed by atoms with Crippen molar-refractivity contribution in [2.24, 2.45) is 5.16 Å². The quantitative estimate of drug-likeness (QED) is 0.248. The summed E-state index contributed by atoms with van der Waals surface area (Å²) in [5.41, 5.74) is -0.280. The van der Waals surface area contributed by atoms with Crippen molar-refractivity contribution in [2.75, 3.05) is 19.7 Å². The summed E-state index contributed by atoms with van der Waals surface area (Å²) in [7, 11) is 0. The molecular weight excluding hydrogens is 244 g/mol. The molecule has 0 amide bonds. The summed E-state index contributed by atoms with van der Waals surface area (Å²) in [6.45, 7) is 1.66. The van der Waals surface area contributed by atoms with Crippen molar-refractivity contribution in [3.8, 4) is 0 Å². The van der Waals surface area contributed by atoms with E-state index in [0.29, 0.717) is 0 Å². The van der Waals surface area contributed by atoms with Crippen molar-refractivity contribution in [3.63, 3.8) is 0 Å². The zero-order chi connectivity index (χ0) is 13.7. The van der Waals surface area contributed by atoms with Crippen LogP contribution in [0.1, 0.15) is 13.3 Å². The number of aliphatic hydroxyl groups is 1. The molecule has 0 spiro atoms. The average Bonchev–Trinajstić information content (AvgIpc) is 2.67. The summed E-state index contributed by atoms with van der Waals surface area (Å²) in [6.07, 6.45) is -0.690. The standard InChI is InChI=1S/C10H16N2O6/c1-2-18-10(16)7(11-17)5-12-4-6(13)3-8(12)9(14)15/h6,8,13,17H,2-5H2,1H3,(H,14,15)/b11-7+. The zero-order valence-corrected chi connectivity index (χ0v) is 9.94. The van der Waals surface area contributed by atoms with Crippen molar-refractivity contribution >= 4 is 17.7 Å². The van der Waals surface area contributed by atoms with E-state index in [4.69, 9.17) is 10.3 Å². The first-order valence-electron chi connectivity index (χ1n) is 5.52. The number of β-amino-alcohol motifs (C(OH)–C–C–N with tert-alkyl or cyclic N) is 1. The van der Waals surface area contributed by atoms with Crippen molar-refractivity contribution < 1.29 is 29.7 Å². The predicted molar refractivity (Wildman–Crippen MR) is 59.5 cm³/mol. The lowest BCUT2D eigenvalue weighted by molar-refractivity contribution is -0.142. The fourth-order valence-corrected chi connectivity index (χ4v) is 1.85. The number of nitrogens with zero attached hydrogens (tertiary/aromatic N) is 2. The van der Waals surface area contributed by atoms with Crippen LogP contribution in [0.3, 0.4) is 0 Å². The molecule has 8 nitrogen and oxygen atoms in total. The SMILES string of the molecule is CCOC(=O)/C(CN1CC(O)CC1C(=O)O)=N/O. The van der Waals surface area contributed by atoms with Gasteiger partial charge in [-0.25, -0.2) is 4.79 Å². The van der Waals surface area contributed by atoms with E-state index in [-0.39, 0.29) is 31.8 Å². The lowest BCUT2D eigenvalue weighted by Crippen LogP contribution is -2.41. The van der Waals surface area contributed by atoms with Crippen molar-refractivity contribution in [1.29, 1.82) is 0 Å². The molecule has 18 heavy (non-hydrogen) atoms. The van der Waals surface area contributed by atoms with Crippen LogP contribution in [0.2, 0.25) is 0 Å². The Morgan fingerprint density at radius 3 is 2.67 bits per heavy atom. The number of hydrogen-bond donors (Lipinski definition) is 3. The minimum atomic E-state index is -1.09. The van der Waals surface area contributed by atoms with Crippen LogP contribution >= 0.6 is 0 Å². The summed E-state index contributed by atoms with van der Waals surface area (Å²) in [5.74, 6) is -1.89. The van der Waals surface area contributed by atoms with E-state index in [2.05, 4.69) is 9.89 Å². The largest absolute Gasteiger partial charge is 0.480 e. The molecule has 0 aromatic heterocycles. The summed E-state index contributed by atoms with van der Waals surface area (Å²) in [5, 5.41) is 29.9. The molecule has 2 unspecified atom stereocenters. The average molecular weight is 260 g/mol. The Labute approximate surface area is 103 Å². The van der Waals surface area contributed by atoms with Gasteiger partial charge in [-0.2, -0.15) is 0 Å². The molecule has 102 valence electrons. The number of rotatable bonds is 5. The van der Waals surface area contributed by atoms with Gasteiger partial charge in [0.15, 0.2) is 5.71 Å². The summed E-state index contributed by atoms with van der Waals surface area (Å²) < 4.78 is 4.66. The first kappa shape index (κ1) is 14.4. The number of esters is 1. The maximum atomic E-state index is 11.4. The van der Waals surface area contributed by atoms with Crippen LogP contribution in [0.4, 0.5) is 0 Å². The second-order valence-corrected chi connectivity index (χ2v) is 3.94. The van der Waals surface area contributed by atoms with E-state index in [1.807, 2.05) is 0 Å². The topological polar surface area (TPSA) is 120 Å². The molecule has 1 rings (SSSR count). The summed E-state index contributed by atoms with van der Waals surface area (Å²) >= 11 is 0. The van der Waals surface area contributed by atoms with Crippen molar-refractivity contribution in [3.05, 3.63) is 0 Å². The van der Waals surface area contributed by atoms with Gasteiger partial charge in [0.05, 0.1) is 19.3 Å². The van der Waals surface area contributed by atoms with Gasteiger partial charge in [-0.3, -0.25) is 9.69 Å². The van der Waals surface area contributed by atoms with Gasteiger partial charge >= 0.3 is 11.9 Å². The van der Waals surface area contributed by atoms with Gasteiger partial charge in [-0.1, -0.05) is 5.16 Å². The molecule has 8 heteroatoms. The van der Waals surface area contributed by atoms with E-state index in [9.17, 15) is 14.7 Å². The second kappa shape index (κ2) is 6.31. The van der Waals surface area contributed by atoms with Crippen LogP contribution in [0.25, 0.3) is 0 Å².